The van der Waals surface area contributed by atoms with E-state index in [1.807, 2.05) is 6.07 Å². The van der Waals surface area contributed by atoms with E-state index in [1.165, 1.54) is 35.3 Å². The number of nitrogens with zero attached hydrogens (tertiary/aromatic N) is 6. The van der Waals surface area contributed by atoms with Crippen LogP contribution in [0.4, 0.5) is 8.78 Å². The molecule has 1 aliphatic rings. The van der Waals surface area contributed by atoms with E-state index in [0.29, 0.717) is 21.9 Å². The van der Waals surface area contributed by atoms with E-state index in [0.717, 1.165) is 12.8 Å². The maximum absolute atomic E-state index is 12.8. The third kappa shape index (κ3) is 4.88. The Balaban J connectivity index is 1.62. The van der Waals surface area contributed by atoms with Crippen LogP contribution in [0.2, 0.25) is 0 Å². The third-order valence-electron chi connectivity index (χ3n) is 4.67. The van der Waals surface area contributed by atoms with Crippen LogP contribution >= 0.6 is 15.9 Å². The molecule has 1 saturated carbocycles. The highest BCUT2D eigenvalue weighted by atomic mass is 79.9. The summed E-state index contributed by atoms with van der Waals surface area (Å²) < 4.78 is 31.4. The Kier molecular flexibility index (Phi) is 6.09. The van der Waals surface area contributed by atoms with Crippen molar-refractivity contribution in [2.45, 2.75) is 38.3 Å². The number of carbonyl (C=O) groups excluding carboxylic acids is 1. The second kappa shape index (κ2) is 8.96. The minimum atomic E-state index is -3.01. The minimum Gasteiger partial charge on any atom is -0.435 e. The molecule has 1 aliphatic carbocycles. The molecule has 1 fully saturated rings. The van der Waals surface area contributed by atoms with Crippen molar-refractivity contribution in [3.05, 3.63) is 58.0 Å². The van der Waals surface area contributed by atoms with Gasteiger partial charge >= 0.3 is 6.61 Å². The van der Waals surface area contributed by atoms with Crippen molar-refractivity contribution >= 4 is 21.8 Å². The molecule has 1 N–H and O–H groups in total. The molecule has 164 valence electrons. The van der Waals surface area contributed by atoms with Crippen molar-refractivity contribution in [3.63, 3.8) is 0 Å². The number of nitriles is 1. The Bertz CT molecular complexity index is 1210. The second-order valence-electron chi connectivity index (χ2n) is 7.14. The zero-order valence-electron chi connectivity index (χ0n) is 16.7. The van der Waals surface area contributed by atoms with Gasteiger partial charge in [-0.05, 0) is 38.0 Å². The van der Waals surface area contributed by atoms with E-state index in [9.17, 15) is 13.6 Å². The predicted octanol–water partition coefficient (Wildman–Crippen LogP) is 3.66. The van der Waals surface area contributed by atoms with Gasteiger partial charge in [0.05, 0.1) is 6.04 Å². The number of aromatic nitrogens is 5. The summed E-state index contributed by atoms with van der Waals surface area (Å²) in [5.41, 5.74) is 0.297. The predicted molar refractivity (Wildman–Crippen MR) is 110 cm³/mol. The summed E-state index contributed by atoms with van der Waals surface area (Å²) in [6.45, 7) is -1.29. The van der Waals surface area contributed by atoms with Crippen LogP contribution in [-0.2, 0) is 0 Å². The number of carbonyl (C=O) groups is 1. The average Bonchev–Trinajstić information content (AvgIpc) is 3.50. The Labute approximate surface area is 189 Å². The summed E-state index contributed by atoms with van der Waals surface area (Å²) in [7, 11) is 0. The van der Waals surface area contributed by atoms with Crippen LogP contribution in [0, 0.1) is 11.3 Å². The summed E-state index contributed by atoms with van der Waals surface area (Å²) in [6, 6.07) is 6.88. The SMILES string of the molecule is C[C@H](NC(=O)c1cc(Br)cc(OC(F)F)c1)c1nc(C2CC2)nn1-c1cc(C#N)ncn1. The van der Waals surface area contributed by atoms with E-state index >= 15 is 0 Å². The topological polar surface area (TPSA) is 119 Å². The van der Waals surface area contributed by atoms with Gasteiger partial charge in [-0.1, -0.05) is 15.9 Å². The van der Waals surface area contributed by atoms with Gasteiger partial charge in [-0.3, -0.25) is 4.79 Å². The number of hydrogen-bond donors (Lipinski definition) is 1. The number of alkyl halides is 2. The molecule has 3 aromatic rings. The normalized spacial score (nSPS) is 14.1. The lowest BCUT2D eigenvalue weighted by molar-refractivity contribution is -0.0499. The smallest absolute Gasteiger partial charge is 0.387 e. The molecule has 4 rings (SSSR count). The molecule has 0 bridgehead atoms. The Hall–Kier alpha value is -3.46. The molecule has 0 saturated heterocycles. The van der Waals surface area contributed by atoms with Crippen LogP contribution in [0.15, 0.2) is 35.1 Å². The van der Waals surface area contributed by atoms with Gasteiger partial charge in [-0.2, -0.15) is 18.7 Å². The molecule has 0 unspecified atom stereocenters. The molecule has 2 heterocycles. The summed E-state index contributed by atoms with van der Waals surface area (Å²) in [4.78, 5) is 25.4. The van der Waals surface area contributed by atoms with Gasteiger partial charge in [0.25, 0.3) is 5.91 Å². The molecule has 12 heteroatoms. The lowest BCUT2D eigenvalue weighted by atomic mass is 10.2. The molecule has 0 spiro atoms. The van der Waals surface area contributed by atoms with Crippen LogP contribution in [0.25, 0.3) is 5.82 Å². The highest BCUT2D eigenvalue weighted by Gasteiger charge is 2.31. The van der Waals surface area contributed by atoms with Gasteiger partial charge < -0.3 is 10.1 Å². The first-order valence-corrected chi connectivity index (χ1v) is 10.4. The van der Waals surface area contributed by atoms with Gasteiger partial charge in [-0.15, -0.1) is 5.10 Å². The van der Waals surface area contributed by atoms with E-state index in [4.69, 9.17) is 5.26 Å². The summed E-state index contributed by atoms with van der Waals surface area (Å²) in [5, 5.41) is 16.5. The number of nitrogens with one attached hydrogen (secondary N) is 1. The van der Waals surface area contributed by atoms with Gasteiger partial charge in [0.1, 0.15) is 23.8 Å². The summed E-state index contributed by atoms with van der Waals surface area (Å²) in [5.74, 6) is 0.990. The molecule has 1 aromatic carbocycles. The van der Waals surface area contributed by atoms with Crippen LogP contribution in [-0.4, -0.2) is 37.3 Å². The Morgan fingerprint density at radius 3 is 2.78 bits per heavy atom. The fourth-order valence-electron chi connectivity index (χ4n) is 3.04. The quantitative estimate of drug-likeness (QED) is 0.522. The average molecular weight is 504 g/mol. The zero-order chi connectivity index (χ0) is 22.8. The first kappa shape index (κ1) is 21.8. The zero-order valence-corrected chi connectivity index (χ0v) is 18.3. The third-order valence-corrected chi connectivity index (χ3v) is 5.13. The largest absolute Gasteiger partial charge is 0.435 e. The van der Waals surface area contributed by atoms with Gasteiger partial charge in [-0.25, -0.2) is 15.0 Å². The van der Waals surface area contributed by atoms with Crippen molar-refractivity contribution in [3.8, 4) is 17.6 Å². The van der Waals surface area contributed by atoms with Crippen molar-refractivity contribution < 1.29 is 18.3 Å². The van der Waals surface area contributed by atoms with Gasteiger partial charge in [0.2, 0.25) is 0 Å². The van der Waals surface area contributed by atoms with Crippen molar-refractivity contribution in [2.24, 2.45) is 0 Å². The molecule has 2 aromatic heterocycles. The molecule has 32 heavy (non-hydrogen) atoms. The number of rotatable bonds is 7. The minimum absolute atomic E-state index is 0.129. The molecule has 1 amide bonds. The van der Waals surface area contributed by atoms with Crippen molar-refractivity contribution in [1.29, 1.82) is 5.26 Å². The van der Waals surface area contributed by atoms with E-state index in [1.54, 1.807) is 6.92 Å². The van der Waals surface area contributed by atoms with Crippen LogP contribution in [0.5, 0.6) is 5.75 Å². The van der Waals surface area contributed by atoms with E-state index < -0.39 is 18.6 Å². The molecule has 1 atom stereocenters. The number of benzene rings is 1. The lowest BCUT2D eigenvalue weighted by Crippen LogP contribution is -2.29. The monoisotopic (exact) mass is 503 g/mol. The second-order valence-corrected chi connectivity index (χ2v) is 8.05. The molecular formula is C20H16BrF2N7O2. The first-order valence-electron chi connectivity index (χ1n) is 9.59. The van der Waals surface area contributed by atoms with Crippen molar-refractivity contribution in [1.82, 2.24) is 30.0 Å². The lowest BCUT2D eigenvalue weighted by Gasteiger charge is -2.15. The number of hydrogen-bond acceptors (Lipinski definition) is 7. The van der Waals surface area contributed by atoms with Gasteiger partial charge in [0, 0.05) is 22.0 Å². The van der Waals surface area contributed by atoms with Gasteiger partial charge in [0.15, 0.2) is 17.5 Å². The maximum atomic E-state index is 12.8. The van der Waals surface area contributed by atoms with Crippen LogP contribution < -0.4 is 10.1 Å². The summed E-state index contributed by atoms with van der Waals surface area (Å²) >= 11 is 3.19. The number of amides is 1. The Morgan fingerprint density at radius 1 is 1.31 bits per heavy atom. The fraction of sp³-hybridized carbons (Fsp3) is 0.300. The molecule has 9 nitrogen and oxygen atoms in total. The highest BCUT2D eigenvalue weighted by molar-refractivity contribution is 9.10. The maximum Gasteiger partial charge on any atom is 0.387 e. The summed E-state index contributed by atoms with van der Waals surface area (Å²) in [6.07, 6.45) is 3.20. The van der Waals surface area contributed by atoms with E-state index in [2.05, 4.69) is 46.0 Å². The number of ether oxygens (including phenoxy) is 1. The van der Waals surface area contributed by atoms with Crippen molar-refractivity contribution in [2.75, 3.05) is 0 Å². The van der Waals surface area contributed by atoms with Crippen LogP contribution in [0.3, 0.4) is 0 Å². The van der Waals surface area contributed by atoms with Crippen LogP contribution in [0.1, 0.15) is 59.4 Å². The standard InChI is InChI=1S/C20H16BrF2N7O2/c1-10(27-19(31)12-4-13(21)6-15(5-12)32-20(22)23)18-28-17(11-2-3-11)29-30(18)16-7-14(8-24)25-9-26-16/h4-7,9-11,20H,2-3H2,1H3,(H,27,31)/t10-/m0/s1. The first-order chi connectivity index (χ1) is 15.3. The number of halogens is 3. The fourth-order valence-corrected chi connectivity index (χ4v) is 3.51. The van der Waals surface area contributed by atoms with E-state index in [-0.39, 0.29) is 22.9 Å². The molecular weight excluding hydrogens is 488 g/mol. The molecule has 0 aliphatic heterocycles. The molecule has 0 radical (unpaired) electrons. The highest BCUT2D eigenvalue weighted by Crippen LogP contribution is 2.38. The Morgan fingerprint density at radius 2 is 2.09 bits per heavy atom.